The van der Waals surface area contributed by atoms with Crippen LogP contribution >= 0.6 is 0 Å². The maximum absolute atomic E-state index is 5.43. The zero-order valence-corrected chi connectivity index (χ0v) is 9.45. The van der Waals surface area contributed by atoms with Crippen LogP contribution in [-0.4, -0.2) is 49.8 Å². The largest absolute Gasteiger partial charge is 0.381 e. The molecule has 1 unspecified atom stereocenters. The van der Waals surface area contributed by atoms with Gasteiger partial charge in [-0.05, 0) is 31.6 Å². The lowest BCUT2D eigenvalue weighted by Crippen LogP contribution is -2.55. The summed E-state index contributed by atoms with van der Waals surface area (Å²) >= 11 is 0. The second kappa shape index (κ2) is 4.40. The smallest absolute Gasteiger partial charge is 0.0480 e. The van der Waals surface area contributed by atoms with Crippen LogP contribution in [0.4, 0.5) is 0 Å². The highest BCUT2D eigenvalue weighted by Crippen LogP contribution is 2.34. The van der Waals surface area contributed by atoms with Gasteiger partial charge >= 0.3 is 0 Å². The van der Waals surface area contributed by atoms with Crippen molar-refractivity contribution in [1.29, 1.82) is 0 Å². The van der Waals surface area contributed by atoms with E-state index in [1.54, 1.807) is 0 Å². The third-order valence-electron chi connectivity index (χ3n) is 4.14. The first-order chi connectivity index (χ1) is 7.43. The van der Waals surface area contributed by atoms with Crippen LogP contribution in [0.3, 0.4) is 0 Å². The summed E-state index contributed by atoms with van der Waals surface area (Å²) in [6.45, 7) is 5.67. The fourth-order valence-corrected chi connectivity index (χ4v) is 3.00. The Morgan fingerprint density at radius 2 is 1.87 bits per heavy atom. The average Bonchev–Trinajstić information content (AvgIpc) is 3.14. The van der Waals surface area contributed by atoms with E-state index in [4.69, 9.17) is 4.74 Å². The van der Waals surface area contributed by atoms with E-state index in [-0.39, 0.29) is 0 Å². The van der Waals surface area contributed by atoms with E-state index in [1.807, 2.05) is 0 Å². The molecule has 1 aliphatic carbocycles. The highest BCUT2D eigenvalue weighted by molar-refractivity contribution is 4.93. The van der Waals surface area contributed by atoms with Gasteiger partial charge in [0.05, 0.1) is 0 Å². The fourth-order valence-electron chi connectivity index (χ4n) is 3.00. The van der Waals surface area contributed by atoms with Crippen molar-refractivity contribution in [3.05, 3.63) is 0 Å². The third kappa shape index (κ3) is 2.35. The molecule has 1 saturated carbocycles. The number of rotatable bonds is 2. The van der Waals surface area contributed by atoms with Crippen molar-refractivity contribution in [3.63, 3.8) is 0 Å². The molecule has 0 bridgehead atoms. The Balaban J connectivity index is 1.55. The van der Waals surface area contributed by atoms with E-state index < -0.39 is 0 Å². The minimum Gasteiger partial charge on any atom is -0.381 e. The molecule has 2 saturated heterocycles. The summed E-state index contributed by atoms with van der Waals surface area (Å²) in [5, 5.41) is 3.68. The van der Waals surface area contributed by atoms with Crippen LogP contribution in [0.1, 0.15) is 25.7 Å². The van der Waals surface area contributed by atoms with Crippen LogP contribution < -0.4 is 5.32 Å². The molecule has 0 radical (unpaired) electrons. The summed E-state index contributed by atoms with van der Waals surface area (Å²) in [7, 11) is 0. The summed E-state index contributed by atoms with van der Waals surface area (Å²) < 4.78 is 5.43. The van der Waals surface area contributed by atoms with Crippen LogP contribution in [0.5, 0.6) is 0 Å². The van der Waals surface area contributed by atoms with Gasteiger partial charge in [0.1, 0.15) is 0 Å². The van der Waals surface area contributed by atoms with Crippen molar-refractivity contribution in [3.8, 4) is 0 Å². The lowest BCUT2D eigenvalue weighted by atomic mass is 10.0. The Labute approximate surface area is 92.2 Å². The Hall–Kier alpha value is -0.120. The topological polar surface area (TPSA) is 24.5 Å². The van der Waals surface area contributed by atoms with Crippen LogP contribution in [-0.2, 0) is 4.74 Å². The first kappa shape index (κ1) is 10.1. The molecule has 3 nitrogen and oxygen atoms in total. The maximum atomic E-state index is 5.43. The highest BCUT2D eigenvalue weighted by atomic mass is 16.5. The van der Waals surface area contributed by atoms with E-state index in [0.29, 0.717) is 0 Å². The number of hydrogen-bond acceptors (Lipinski definition) is 3. The monoisotopic (exact) mass is 210 g/mol. The Morgan fingerprint density at radius 3 is 2.60 bits per heavy atom. The van der Waals surface area contributed by atoms with Crippen molar-refractivity contribution >= 4 is 0 Å². The number of hydrogen-bond donors (Lipinski definition) is 1. The number of nitrogens with zero attached hydrogens (tertiary/aromatic N) is 1. The zero-order valence-electron chi connectivity index (χ0n) is 9.45. The minimum atomic E-state index is 0.793. The van der Waals surface area contributed by atoms with Crippen LogP contribution in [0.15, 0.2) is 0 Å². The van der Waals surface area contributed by atoms with Crippen molar-refractivity contribution in [2.24, 2.45) is 5.92 Å². The van der Waals surface area contributed by atoms with Gasteiger partial charge in [0.25, 0.3) is 0 Å². The van der Waals surface area contributed by atoms with Gasteiger partial charge < -0.3 is 10.1 Å². The quantitative estimate of drug-likeness (QED) is 0.731. The van der Waals surface area contributed by atoms with Crippen LogP contribution in [0.2, 0.25) is 0 Å². The van der Waals surface area contributed by atoms with Gasteiger partial charge in [0, 0.05) is 44.9 Å². The van der Waals surface area contributed by atoms with Gasteiger partial charge in [-0.15, -0.1) is 0 Å². The maximum Gasteiger partial charge on any atom is 0.0480 e. The second-order valence-corrected chi connectivity index (χ2v) is 5.24. The van der Waals surface area contributed by atoms with Crippen molar-refractivity contribution < 1.29 is 4.74 Å². The third-order valence-corrected chi connectivity index (χ3v) is 4.14. The van der Waals surface area contributed by atoms with Crippen molar-refractivity contribution in [2.45, 2.75) is 37.8 Å². The SMILES string of the molecule is C1CN(C2CCOCC2)CC(C2CC2)N1. The number of piperazine rings is 1. The molecule has 0 amide bonds. The highest BCUT2D eigenvalue weighted by Gasteiger charge is 2.35. The van der Waals surface area contributed by atoms with E-state index in [9.17, 15) is 0 Å². The predicted octanol–water partition coefficient (Wildman–Crippen LogP) is 0.849. The zero-order chi connectivity index (χ0) is 10.1. The molecule has 15 heavy (non-hydrogen) atoms. The van der Waals surface area contributed by atoms with Crippen LogP contribution in [0, 0.1) is 5.92 Å². The van der Waals surface area contributed by atoms with E-state index in [0.717, 1.165) is 31.2 Å². The molecule has 1 atom stereocenters. The number of ether oxygens (including phenoxy) is 1. The van der Waals surface area contributed by atoms with E-state index >= 15 is 0 Å². The Morgan fingerprint density at radius 1 is 1.07 bits per heavy atom. The summed E-state index contributed by atoms with van der Waals surface area (Å²) in [6, 6.07) is 1.60. The second-order valence-electron chi connectivity index (χ2n) is 5.24. The molecule has 3 rings (SSSR count). The molecule has 1 N–H and O–H groups in total. The first-order valence-electron chi connectivity index (χ1n) is 6.48. The number of nitrogens with one attached hydrogen (secondary N) is 1. The predicted molar refractivity (Wildman–Crippen MR) is 59.9 cm³/mol. The summed E-state index contributed by atoms with van der Waals surface area (Å²) in [5.41, 5.74) is 0. The standard InChI is InChI=1S/C12H22N2O/c1-2-10(1)12-9-14(6-5-13-12)11-3-7-15-8-4-11/h10-13H,1-9H2. The first-order valence-corrected chi connectivity index (χ1v) is 6.48. The molecular formula is C12H22N2O. The molecular weight excluding hydrogens is 188 g/mol. The van der Waals surface area contributed by atoms with Crippen LogP contribution in [0.25, 0.3) is 0 Å². The van der Waals surface area contributed by atoms with Gasteiger partial charge in [-0.2, -0.15) is 0 Å². The lowest BCUT2D eigenvalue weighted by Gasteiger charge is -2.40. The van der Waals surface area contributed by atoms with Gasteiger partial charge in [-0.3, -0.25) is 4.90 Å². The van der Waals surface area contributed by atoms with E-state index in [2.05, 4.69) is 10.2 Å². The lowest BCUT2D eigenvalue weighted by molar-refractivity contribution is 0.0220. The molecule has 2 aliphatic heterocycles. The van der Waals surface area contributed by atoms with Crippen molar-refractivity contribution in [1.82, 2.24) is 10.2 Å². The summed E-state index contributed by atoms with van der Waals surface area (Å²) in [6.07, 6.45) is 5.41. The molecule has 0 spiro atoms. The molecule has 2 heterocycles. The molecule has 3 aliphatic rings. The molecule has 3 heteroatoms. The van der Waals surface area contributed by atoms with Gasteiger partial charge in [0.15, 0.2) is 0 Å². The molecule has 0 aromatic rings. The Kier molecular flexibility index (Phi) is 2.95. The van der Waals surface area contributed by atoms with E-state index in [1.165, 1.54) is 45.3 Å². The molecule has 0 aromatic heterocycles. The van der Waals surface area contributed by atoms with Gasteiger partial charge in [0.2, 0.25) is 0 Å². The fraction of sp³-hybridized carbons (Fsp3) is 1.00. The molecule has 86 valence electrons. The Bertz CT molecular complexity index is 212. The molecule has 3 fully saturated rings. The summed E-state index contributed by atoms with van der Waals surface area (Å²) in [4.78, 5) is 2.71. The average molecular weight is 210 g/mol. The molecule has 0 aromatic carbocycles. The normalized spacial score (nSPS) is 35.6. The summed E-state index contributed by atoms with van der Waals surface area (Å²) in [5.74, 6) is 0.993. The van der Waals surface area contributed by atoms with Gasteiger partial charge in [-0.25, -0.2) is 0 Å². The van der Waals surface area contributed by atoms with Crippen molar-refractivity contribution in [2.75, 3.05) is 32.8 Å². The van der Waals surface area contributed by atoms with Gasteiger partial charge in [-0.1, -0.05) is 0 Å². The minimum absolute atomic E-state index is 0.793.